The summed E-state index contributed by atoms with van der Waals surface area (Å²) < 4.78 is 15.6. The predicted molar refractivity (Wildman–Crippen MR) is 115 cm³/mol. The number of nitrogens with zero attached hydrogens (tertiary/aromatic N) is 3. The van der Waals surface area contributed by atoms with Crippen molar-refractivity contribution in [1.29, 1.82) is 0 Å². The lowest BCUT2D eigenvalue weighted by Crippen LogP contribution is -2.20. The first kappa shape index (κ1) is 18.4. The van der Waals surface area contributed by atoms with Gasteiger partial charge in [-0.15, -0.1) is 11.3 Å². The molecule has 1 aliphatic heterocycles. The van der Waals surface area contributed by atoms with E-state index in [9.17, 15) is 19.3 Å². The number of halogens is 1. The van der Waals surface area contributed by atoms with E-state index in [0.29, 0.717) is 29.9 Å². The molecule has 2 aromatic carbocycles. The van der Waals surface area contributed by atoms with E-state index in [1.54, 1.807) is 22.8 Å². The van der Waals surface area contributed by atoms with Gasteiger partial charge in [-0.1, -0.05) is 18.2 Å². The number of nitro benzene ring substituents is 1. The Balaban J connectivity index is 1.57. The molecule has 6 nitrogen and oxygen atoms in total. The zero-order chi connectivity index (χ0) is 20.8. The fourth-order valence-electron chi connectivity index (χ4n) is 3.66. The van der Waals surface area contributed by atoms with Gasteiger partial charge in [0.15, 0.2) is 0 Å². The second-order valence-electron chi connectivity index (χ2n) is 6.95. The number of fused-ring (bicyclic) bond motifs is 2. The fraction of sp³-hybridized carbons (Fsp3) is 0.0909. The predicted octanol–water partition coefficient (Wildman–Crippen LogP) is 5.12. The molecule has 2 aromatic heterocycles. The van der Waals surface area contributed by atoms with Gasteiger partial charge in [0, 0.05) is 34.0 Å². The van der Waals surface area contributed by atoms with E-state index >= 15 is 0 Å². The molecule has 30 heavy (non-hydrogen) atoms. The molecular formula is C22H14FN3O3S. The van der Waals surface area contributed by atoms with Crippen LogP contribution in [0, 0.1) is 15.9 Å². The molecule has 0 atom stereocenters. The summed E-state index contributed by atoms with van der Waals surface area (Å²) in [5.74, 6) is 0.306. The smallest absolute Gasteiger partial charge is 0.270 e. The lowest BCUT2D eigenvalue weighted by molar-refractivity contribution is -0.384. The maximum absolute atomic E-state index is 14.1. The largest absolute Gasteiger partial charge is 0.292 e. The molecule has 0 bridgehead atoms. The van der Waals surface area contributed by atoms with Crippen LogP contribution in [0.15, 0.2) is 59.4 Å². The van der Waals surface area contributed by atoms with E-state index < -0.39 is 4.92 Å². The number of benzene rings is 2. The number of aromatic nitrogens is 2. The summed E-state index contributed by atoms with van der Waals surface area (Å²) in [5, 5.41) is 11.3. The van der Waals surface area contributed by atoms with Gasteiger partial charge in [0.2, 0.25) is 0 Å². The highest BCUT2D eigenvalue weighted by molar-refractivity contribution is 7.16. The van der Waals surface area contributed by atoms with Crippen LogP contribution in [-0.4, -0.2) is 14.5 Å². The summed E-state index contributed by atoms with van der Waals surface area (Å²) in [5.41, 5.74) is 1.49. The summed E-state index contributed by atoms with van der Waals surface area (Å²) in [6.07, 6.45) is 2.60. The van der Waals surface area contributed by atoms with E-state index in [-0.39, 0.29) is 22.5 Å². The number of hydrogen-bond acceptors (Lipinski definition) is 5. The third kappa shape index (κ3) is 3.02. The lowest BCUT2D eigenvalue weighted by atomic mass is 10.1. The van der Waals surface area contributed by atoms with Crippen molar-refractivity contribution < 1.29 is 9.31 Å². The van der Waals surface area contributed by atoms with Crippen molar-refractivity contribution in [3.8, 4) is 10.4 Å². The Morgan fingerprint density at radius 1 is 1.17 bits per heavy atom. The molecule has 8 heteroatoms. The summed E-state index contributed by atoms with van der Waals surface area (Å²) in [6.45, 7) is 0.469. The topological polar surface area (TPSA) is 78.0 Å². The maximum atomic E-state index is 14.1. The van der Waals surface area contributed by atoms with Gasteiger partial charge < -0.3 is 0 Å². The van der Waals surface area contributed by atoms with Crippen LogP contribution in [0.25, 0.3) is 33.0 Å². The van der Waals surface area contributed by atoms with Crippen LogP contribution in [0.5, 0.6) is 0 Å². The van der Waals surface area contributed by atoms with Crippen LogP contribution in [0.4, 0.5) is 10.1 Å². The molecule has 0 N–H and O–H groups in total. The average molecular weight is 419 g/mol. The third-order valence-electron chi connectivity index (χ3n) is 5.12. The molecular weight excluding hydrogens is 405 g/mol. The maximum Gasteiger partial charge on any atom is 0.270 e. The third-order valence-corrected chi connectivity index (χ3v) is 6.19. The molecule has 0 aliphatic carbocycles. The molecule has 5 rings (SSSR count). The van der Waals surface area contributed by atoms with Crippen molar-refractivity contribution >= 4 is 39.6 Å². The van der Waals surface area contributed by atoms with Gasteiger partial charge in [-0.05, 0) is 42.3 Å². The van der Waals surface area contributed by atoms with Crippen molar-refractivity contribution in [3.63, 3.8) is 0 Å². The van der Waals surface area contributed by atoms with Gasteiger partial charge in [-0.3, -0.25) is 19.5 Å². The van der Waals surface area contributed by atoms with Crippen LogP contribution in [0.1, 0.15) is 17.1 Å². The van der Waals surface area contributed by atoms with E-state index in [1.165, 1.54) is 35.6 Å². The number of thiophene rings is 1. The number of hydrogen-bond donors (Lipinski definition) is 0. The number of rotatable bonds is 3. The Bertz CT molecular complexity index is 1420. The number of nitro groups is 1. The van der Waals surface area contributed by atoms with Crippen LogP contribution in [0.2, 0.25) is 0 Å². The number of allylic oxidation sites excluding steroid dienone is 1. The Labute approximate surface area is 173 Å². The van der Waals surface area contributed by atoms with Gasteiger partial charge in [-0.2, -0.15) is 0 Å². The minimum Gasteiger partial charge on any atom is -0.292 e. The van der Waals surface area contributed by atoms with E-state index in [0.717, 1.165) is 15.3 Å². The first-order valence-corrected chi connectivity index (χ1v) is 10.1. The molecule has 0 unspecified atom stereocenters. The molecule has 1 aliphatic rings. The van der Waals surface area contributed by atoms with Crippen LogP contribution >= 0.6 is 11.3 Å². The monoisotopic (exact) mass is 419 g/mol. The van der Waals surface area contributed by atoms with Gasteiger partial charge >= 0.3 is 0 Å². The Morgan fingerprint density at radius 3 is 2.80 bits per heavy atom. The second kappa shape index (κ2) is 7.00. The minimum absolute atomic E-state index is 0.130. The molecule has 0 spiro atoms. The molecule has 0 saturated heterocycles. The van der Waals surface area contributed by atoms with E-state index in [4.69, 9.17) is 0 Å². The Morgan fingerprint density at radius 2 is 2.00 bits per heavy atom. The molecule has 0 amide bonds. The molecule has 148 valence electrons. The van der Waals surface area contributed by atoms with Crippen molar-refractivity contribution in [2.45, 2.75) is 13.0 Å². The first-order chi connectivity index (χ1) is 14.5. The average Bonchev–Trinajstić information content (AvgIpc) is 3.36. The van der Waals surface area contributed by atoms with Crippen molar-refractivity contribution in [2.24, 2.45) is 0 Å². The Kier molecular flexibility index (Phi) is 4.29. The fourth-order valence-corrected chi connectivity index (χ4v) is 4.67. The highest BCUT2D eigenvalue weighted by Gasteiger charge is 2.22. The zero-order valence-electron chi connectivity index (χ0n) is 15.5. The standard InChI is InChI=1S/C22H14FN3O3S/c23-18-4-2-1-3-16(18)20-8-6-15(30-20)11-13-9-10-25-21(13)24-19-7-5-14(26(28)29)12-17(19)22(25)27/h1-8,11-12H,9-10H2. The van der Waals surface area contributed by atoms with Gasteiger partial charge in [0.1, 0.15) is 11.6 Å². The lowest BCUT2D eigenvalue weighted by Gasteiger charge is -2.05. The first-order valence-electron chi connectivity index (χ1n) is 9.26. The highest BCUT2D eigenvalue weighted by Crippen LogP contribution is 2.34. The molecule has 4 aromatic rings. The molecule has 3 heterocycles. The molecule has 0 fully saturated rings. The van der Waals surface area contributed by atoms with Crippen molar-refractivity contribution in [3.05, 3.63) is 91.6 Å². The van der Waals surface area contributed by atoms with Gasteiger partial charge in [-0.25, -0.2) is 9.37 Å². The summed E-state index contributed by atoms with van der Waals surface area (Å²) in [7, 11) is 0. The van der Waals surface area contributed by atoms with E-state index in [2.05, 4.69) is 4.98 Å². The summed E-state index contributed by atoms with van der Waals surface area (Å²) >= 11 is 1.47. The van der Waals surface area contributed by atoms with Crippen LogP contribution in [0.3, 0.4) is 0 Å². The normalized spacial score (nSPS) is 14.4. The van der Waals surface area contributed by atoms with Gasteiger partial charge in [0.25, 0.3) is 11.2 Å². The Hall–Kier alpha value is -3.65. The highest BCUT2D eigenvalue weighted by atomic mass is 32.1. The van der Waals surface area contributed by atoms with Gasteiger partial charge in [0.05, 0.1) is 15.8 Å². The van der Waals surface area contributed by atoms with Crippen LogP contribution < -0.4 is 5.56 Å². The van der Waals surface area contributed by atoms with Crippen molar-refractivity contribution in [2.75, 3.05) is 0 Å². The van der Waals surface area contributed by atoms with E-state index in [1.807, 2.05) is 18.2 Å². The summed E-state index contributed by atoms with van der Waals surface area (Å²) in [4.78, 5) is 29.7. The molecule has 0 radical (unpaired) electrons. The second-order valence-corrected chi connectivity index (χ2v) is 8.07. The summed E-state index contributed by atoms with van der Waals surface area (Å²) in [6, 6.07) is 14.6. The quantitative estimate of drug-likeness (QED) is 0.341. The van der Waals surface area contributed by atoms with Crippen LogP contribution in [-0.2, 0) is 6.54 Å². The zero-order valence-corrected chi connectivity index (χ0v) is 16.4. The van der Waals surface area contributed by atoms with Crippen molar-refractivity contribution in [1.82, 2.24) is 9.55 Å². The minimum atomic E-state index is -0.522. The SMILES string of the molecule is O=c1c2cc([N+](=O)[O-])ccc2nc2n1CCC2=Cc1ccc(-c2ccccc2F)s1. The number of non-ortho nitro benzene ring substituents is 1. The molecule has 0 saturated carbocycles.